The molecule has 2 fully saturated rings. The average molecular weight is 238 g/mol. The molecule has 17 heavy (non-hydrogen) atoms. The molecule has 0 aromatic carbocycles. The van der Waals surface area contributed by atoms with Crippen molar-refractivity contribution in [2.45, 2.75) is 70.9 Å². The van der Waals surface area contributed by atoms with Crippen molar-refractivity contribution in [2.75, 3.05) is 13.1 Å². The minimum Gasteiger partial charge on any atom is -0.330 e. The molecule has 2 aliphatic rings. The van der Waals surface area contributed by atoms with Gasteiger partial charge in [0.2, 0.25) is 0 Å². The Balaban J connectivity index is 2.02. The van der Waals surface area contributed by atoms with Crippen molar-refractivity contribution in [1.82, 2.24) is 4.90 Å². The van der Waals surface area contributed by atoms with Gasteiger partial charge in [0.05, 0.1) is 0 Å². The molecule has 1 aliphatic carbocycles. The fraction of sp³-hybridized carbons (Fsp3) is 1.00. The van der Waals surface area contributed by atoms with E-state index in [1.54, 1.807) is 0 Å². The molecule has 2 N–H and O–H groups in total. The number of piperidine rings is 1. The monoisotopic (exact) mass is 238 g/mol. The second-order valence-corrected chi connectivity index (χ2v) is 6.23. The Morgan fingerprint density at radius 1 is 1.18 bits per heavy atom. The van der Waals surface area contributed by atoms with E-state index in [4.69, 9.17) is 5.73 Å². The first-order valence-electron chi connectivity index (χ1n) is 7.72. The first-order chi connectivity index (χ1) is 8.26. The van der Waals surface area contributed by atoms with Crippen LogP contribution in [0.25, 0.3) is 0 Å². The van der Waals surface area contributed by atoms with E-state index in [0.29, 0.717) is 0 Å². The molecule has 1 saturated carbocycles. The zero-order chi connectivity index (χ0) is 12.3. The van der Waals surface area contributed by atoms with Crippen molar-refractivity contribution >= 4 is 0 Å². The highest BCUT2D eigenvalue weighted by molar-refractivity contribution is 4.90. The lowest BCUT2D eigenvalue weighted by Gasteiger charge is -2.47. The van der Waals surface area contributed by atoms with Crippen LogP contribution < -0.4 is 5.73 Å². The summed E-state index contributed by atoms with van der Waals surface area (Å²) in [5, 5.41) is 0. The van der Waals surface area contributed by atoms with Crippen molar-refractivity contribution in [1.29, 1.82) is 0 Å². The van der Waals surface area contributed by atoms with Crippen LogP contribution in [0.15, 0.2) is 0 Å². The lowest BCUT2D eigenvalue weighted by Crippen LogP contribution is -2.52. The Morgan fingerprint density at radius 2 is 2.00 bits per heavy atom. The minimum atomic E-state index is 0.762. The van der Waals surface area contributed by atoms with E-state index in [0.717, 1.165) is 30.5 Å². The lowest BCUT2D eigenvalue weighted by molar-refractivity contribution is 0.0314. The largest absolute Gasteiger partial charge is 0.330 e. The highest BCUT2D eigenvalue weighted by atomic mass is 15.2. The van der Waals surface area contributed by atoms with Gasteiger partial charge in [0, 0.05) is 12.1 Å². The van der Waals surface area contributed by atoms with Gasteiger partial charge in [-0.3, -0.25) is 4.90 Å². The summed E-state index contributed by atoms with van der Waals surface area (Å²) in [7, 11) is 0. The van der Waals surface area contributed by atoms with E-state index in [-0.39, 0.29) is 0 Å². The Kier molecular flexibility index (Phi) is 4.87. The molecular weight excluding hydrogens is 208 g/mol. The smallest absolute Gasteiger partial charge is 0.0141 e. The van der Waals surface area contributed by atoms with E-state index in [1.807, 2.05) is 0 Å². The number of rotatable bonds is 3. The van der Waals surface area contributed by atoms with Crippen molar-refractivity contribution < 1.29 is 0 Å². The molecule has 0 aromatic rings. The van der Waals surface area contributed by atoms with Gasteiger partial charge in [-0.1, -0.05) is 26.2 Å². The number of likely N-dealkylation sites (tertiary alicyclic amines) is 1. The third-order valence-electron chi connectivity index (χ3n) is 5.23. The van der Waals surface area contributed by atoms with E-state index < -0.39 is 0 Å². The topological polar surface area (TPSA) is 29.3 Å². The highest BCUT2D eigenvalue weighted by Crippen LogP contribution is 2.36. The molecule has 0 spiro atoms. The number of hydrogen-bond acceptors (Lipinski definition) is 2. The molecule has 1 aliphatic heterocycles. The molecule has 0 bridgehead atoms. The van der Waals surface area contributed by atoms with Crippen LogP contribution in [-0.2, 0) is 0 Å². The van der Waals surface area contributed by atoms with Crippen LogP contribution in [0, 0.1) is 11.8 Å². The molecule has 0 aromatic heterocycles. The maximum Gasteiger partial charge on any atom is 0.0141 e. The molecule has 4 atom stereocenters. The lowest BCUT2D eigenvalue weighted by atomic mass is 9.75. The Labute approximate surface area is 107 Å². The molecule has 2 nitrogen and oxygen atoms in total. The molecule has 0 amide bonds. The summed E-state index contributed by atoms with van der Waals surface area (Å²) in [6, 6.07) is 1.58. The Morgan fingerprint density at radius 3 is 2.65 bits per heavy atom. The molecule has 0 radical (unpaired) electrons. The first-order valence-corrected chi connectivity index (χ1v) is 7.72. The normalized spacial score (nSPS) is 40.4. The summed E-state index contributed by atoms with van der Waals surface area (Å²) in [5.74, 6) is 1.72. The second-order valence-electron chi connectivity index (χ2n) is 6.23. The zero-order valence-corrected chi connectivity index (χ0v) is 11.7. The summed E-state index contributed by atoms with van der Waals surface area (Å²) < 4.78 is 0. The van der Waals surface area contributed by atoms with Gasteiger partial charge in [0.15, 0.2) is 0 Å². The summed E-state index contributed by atoms with van der Waals surface area (Å²) in [5.41, 5.74) is 6.01. The van der Waals surface area contributed by atoms with Crippen LogP contribution in [0.2, 0.25) is 0 Å². The third-order valence-corrected chi connectivity index (χ3v) is 5.23. The third kappa shape index (κ3) is 3.03. The predicted octanol–water partition coefficient (Wildman–Crippen LogP) is 3.01. The summed E-state index contributed by atoms with van der Waals surface area (Å²) in [4.78, 5) is 2.79. The maximum absolute atomic E-state index is 6.01. The zero-order valence-electron chi connectivity index (χ0n) is 11.7. The molecule has 2 heteroatoms. The van der Waals surface area contributed by atoms with Crippen molar-refractivity contribution in [3.8, 4) is 0 Å². The van der Waals surface area contributed by atoms with Gasteiger partial charge < -0.3 is 5.73 Å². The van der Waals surface area contributed by atoms with Crippen LogP contribution in [0.1, 0.15) is 58.8 Å². The summed E-state index contributed by atoms with van der Waals surface area (Å²) in [6.07, 6.45) is 9.76. The molecule has 1 heterocycles. The molecular formula is C15H30N2. The Bertz CT molecular complexity index is 229. The average Bonchev–Trinajstić information content (AvgIpc) is 2.38. The fourth-order valence-corrected chi connectivity index (χ4v) is 3.96. The van der Waals surface area contributed by atoms with Crippen LogP contribution in [-0.4, -0.2) is 30.1 Å². The van der Waals surface area contributed by atoms with Gasteiger partial charge >= 0.3 is 0 Å². The number of nitrogens with two attached hydrogens (primary N) is 1. The van der Waals surface area contributed by atoms with E-state index in [9.17, 15) is 0 Å². The molecule has 100 valence electrons. The number of hydrogen-bond donors (Lipinski definition) is 1. The summed E-state index contributed by atoms with van der Waals surface area (Å²) >= 11 is 0. The van der Waals surface area contributed by atoms with E-state index in [1.165, 1.54) is 51.5 Å². The van der Waals surface area contributed by atoms with Gasteiger partial charge in [-0.2, -0.15) is 0 Å². The van der Waals surface area contributed by atoms with Gasteiger partial charge in [0.1, 0.15) is 0 Å². The van der Waals surface area contributed by atoms with Gasteiger partial charge in [-0.25, -0.2) is 0 Å². The van der Waals surface area contributed by atoms with Crippen molar-refractivity contribution in [2.24, 2.45) is 17.6 Å². The van der Waals surface area contributed by atoms with E-state index in [2.05, 4.69) is 18.7 Å². The minimum absolute atomic E-state index is 0.762. The molecule has 2 rings (SSSR count). The standard InChI is InChI=1S/C15H30N2/c1-3-13-7-8-14(11-16)15(10-13)17-9-5-4-6-12(17)2/h12-15H,3-11,16H2,1-2H3. The van der Waals surface area contributed by atoms with Crippen LogP contribution in [0.3, 0.4) is 0 Å². The predicted molar refractivity (Wildman–Crippen MR) is 74.0 cm³/mol. The van der Waals surface area contributed by atoms with Crippen LogP contribution in [0.4, 0.5) is 0 Å². The second kappa shape index (κ2) is 6.19. The molecule has 1 saturated heterocycles. The van der Waals surface area contributed by atoms with Crippen molar-refractivity contribution in [3.63, 3.8) is 0 Å². The Hall–Kier alpha value is -0.0800. The summed E-state index contributed by atoms with van der Waals surface area (Å²) in [6.45, 7) is 6.98. The maximum atomic E-state index is 6.01. The van der Waals surface area contributed by atoms with Crippen LogP contribution in [0.5, 0.6) is 0 Å². The quantitative estimate of drug-likeness (QED) is 0.819. The highest BCUT2D eigenvalue weighted by Gasteiger charge is 2.35. The van der Waals surface area contributed by atoms with Gasteiger partial charge in [0.25, 0.3) is 0 Å². The first kappa shape index (κ1) is 13.4. The van der Waals surface area contributed by atoms with E-state index >= 15 is 0 Å². The number of nitrogens with zero attached hydrogens (tertiary/aromatic N) is 1. The van der Waals surface area contributed by atoms with Gasteiger partial charge in [-0.05, 0) is 57.5 Å². The molecule has 4 unspecified atom stereocenters. The van der Waals surface area contributed by atoms with Crippen molar-refractivity contribution in [3.05, 3.63) is 0 Å². The SMILES string of the molecule is CCC1CCC(CN)C(N2CCCCC2C)C1. The van der Waals surface area contributed by atoms with Gasteiger partial charge in [-0.15, -0.1) is 0 Å². The van der Waals surface area contributed by atoms with Crippen LogP contribution >= 0.6 is 0 Å². The fourth-order valence-electron chi connectivity index (χ4n) is 3.96.